The summed E-state index contributed by atoms with van der Waals surface area (Å²) in [7, 11) is 1.82. The van der Waals surface area contributed by atoms with E-state index in [2.05, 4.69) is 15.4 Å². The second kappa shape index (κ2) is 5.74. The van der Waals surface area contributed by atoms with Gasteiger partial charge in [0.2, 0.25) is 5.91 Å². The van der Waals surface area contributed by atoms with Crippen LogP contribution in [0.1, 0.15) is 27.4 Å². The molecule has 110 valence electrons. The van der Waals surface area contributed by atoms with Gasteiger partial charge in [-0.2, -0.15) is 5.10 Å². The van der Waals surface area contributed by atoms with Crippen molar-refractivity contribution in [2.24, 2.45) is 7.05 Å². The Morgan fingerprint density at radius 2 is 2.05 bits per heavy atom. The highest BCUT2D eigenvalue weighted by Crippen LogP contribution is 2.13. The molecular formula is C14H16N4O3. The smallest absolute Gasteiger partial charge is 0.354 e. The summed E-state index contributed by atoms with van der Waals surface area (Å²) in [5, 5.41) is 15.7. The number of aromatic nitrogens is 3. The van der Waals surface area contributed by atoms with Crippen molar-refractivity contribution in [2.75, 3.05) is 5.32 Å². The molecule has 0 spiro atoms. The first kappa shape index (κ1) is 14.7. The Labute approximate surface area is 121 Å². The van der Waals surface area contributed by atoms with E-state index in [1.807, 2.05) is 20.9 Å². The minimum Gasteiger partial charge on any atom is -0.477 e. The average molecular weight is 288 g/mol. The molecule has 2 aromatic rings. The number of nitrogens with zero attached hydrogens (tertiary/aromatic N) is 3. The van der Waals surface area contributed by atoms with E-state index >= 15 is 0 Å². The molecule has 0 aliphatic carbocycles. The quantitative estimate of drug-likeness (QED) is 0.884. The van der Waals surface area contributed by atoms with Crippen LogP contribution in [0.3, 0.4) is 0 Å². The molecule has 21 heavy (non-hydrogen) atoms. The number of carbonyl (C=O) groups is 2. The van der Waals surface area contributed by atoms with Crippen LogP contribution in [0.15, 0.2) is 18.2 Å². The van der Waals surface area contributed by atoms with Crippen LogP contribution in [0.25, 0.3) is 0 Å². The van der Waals surface area contributed by atoms with Crippen LogP contribution in [0.2, 0.25) is 0 Å². The summed E-state index contributed by atoms with van der Waals surface area (Å²) in [5.74, 6) is -1.17. The zero-order valence-electron chi connectivity index (χ0n) is 12.0. The SMILES string of the molecule is Cc1nn(C)c(C)c1CC(=O)Nc1cccc(C(=O)O)n1. The Bertz CT molecular complexity index is 706. The number of aromatic carboxylic acids is 1. The second-order valence-electron chi connectivity index (χ2n) is 4.71. The summed E-state index contributed by atoms with van der Waals surface area (Å²) in [5.41, 5.74) is 2.48. The molecule has 0 aliphatic rings. The number of rotatable bonds is 4. The van der Waals surface area contributed by atoms with Gasteiger partial charge < -0.3 is 10.4 Å². The number of amides is 1. The summed E-state index contributed by atoms with van der Waals surface area (Å²) in [6, 6.07) is 4.45. The van der Waals surface area contributed by atoms with Crippen LogP contribution in [0.4, 0.5) is 5.82 Å². The Morgan fingerprint density at radius 1 is 1.33 bits per heavy atom. The topological polar surface area (TPSA) is 97.1 Å². The van der Waals surface area contributed by atoms with Crippen LogP contribution in [-0.2, 0) is 18.3 Å². The number of carboxylic acids is 1. The Morgan fingerprint density at radius 3 is 2.62 bits per heavy atom. The van der Waals surface area contributed by atoms with Crippen LogP contribution >= 0.6 is 0 Å². The molecule has 0 bridgehead atoms. The number of nitrogens with one attached hydrogen (secondary N) is 1. The molecule has 7 nitrogen and oxygen atoms in total. The maximum atomic E-state index is 12.0. The molecule has 0 radical (unpaired) electrons. The van der Waals surface area contributed by atoms with Crippen LogP contribution < -0.4 is 5.32 Å². The zero-order valence-corrected chi connectivity index (χ0v) is 12.0. The monoisotopic (exact) mass is 288 g/mol. The lowest BCUT2D eigenvalue weighted by atomic mass is 10.1. The molecule has 0 aromatic carbocycles. The van der Waals surface area contributed by atoms with Crippen LogP contribution in [0, 0.1) is 13.8 Å². The Balaban J connectivity index is 2.12. The number of pyridine rings is 1. The van der Waals surface area contributed by atoms with E-state index in [0.29, 0.717) is 0 Å². The molecule has 0 saturated heterocycles. The molecule has 2 N–H and O–H groups in total. The lowest BCUT2D eigenvalue weighted by Gasteiger charge is -2.05. The van der Waals surface area contributed by atoms with Crippen molar-refractivity contribution in [1.82, 2.24) is 14.8 Å². The predicted octanol–water partition coefficient (Wildman–Crippen LogP) is 1.31. The van der Waals surface area contributed by atoms with E-state index in [-0.39, 0.29) is 23.8 Å². The molecule has 0 saturated carbocycles. The van der Waals surface area contributed by atoms with Crippen molar-refractivity contribution in [3.63, 3.8) is 0 Å². The van der Waals surface area contributed by atoms with Gasteiger partial charge in [0.05, 0.1) is 12.1 Å². The van der Waals surface area contributed by atoms with E-state index in [9.17, 15) is 9.59 Å². The first-order chi connectivity index (χ1) is 9.88. The van der Waals surface area contributed by atoms with Crippen molar-refractivity contribution in [2.45, 2.75) is 20.3 Å². The fraction of sp³-hybridized carbons (Fsp3) is 0.286. The lowest BCUT2D eigenvalue weighted by molar-refractivity contribution is -0.115. The van der Waals surface area contributed by atoms with Gasteiger partial charge in [0.15, 0.2) is 5.69 Å². The van der Waals surface area contributed by atoms with E-state index in [1.165, 1.54) is 12.1 Å². The van der Waals surface area contributed by atoms with Crippen molar-refractivity contribution in [3.8, 4) is 0 Å². The van der Waals surface area contributed by atoms with Gasteiger partial charge in [-0.15, -0.1) is 0 Å². The highest BCUT2D eigenvalue weighted by atomic mass is 16.4. The third kappa shape index (κ3) is 3.25. The molecule has 1 amide bonds. The first-order valence-corrected chi connectivity index (χ1v) is 6.37. The maximum absolute atomic E-state index is 12.0. The van der Waals surface area contributed by atoms with E-state index < -0.39 is 5.97 Å². The van der Waals surface area contributed by atoms with Crippen LogP contribution in [0.5, 0.6) is 0 Å². The molecule has 2 heterocycles. The van der Waals surface area contributed by atoms with Crippen molar-refractivity contribution in [1.29, 1.82) is 0 Å². The molecule has 0 unspecified atom stereocenters. The van der Waals surface area contributed by atoms with Crippen molar-refractivity contribution < 1.29 is 14.7 Å². The normalized spacial score (nSPS) is 10.4. The average Bonchev–Trinajstić information content (AvgIpc) is 2.65. The van der Waals surface area contributed by atoms with E-state index in [1.54, 1.807) is 10.7 Å². The van der Waals surface area contributed by atoms with Gasteiger partial charge in [-0.3, -0.25) is 9.48 Å². The zero-order chi connectivity index (χ0) is 15.6. The fourth-order valence-corrected chi connectivity index (χ4v) is 2.04. The van der Waals surface area contributed by atoms with E-state index in [4.69, 9.17) is 5.11 Å². The summed E-state index contributed by atoms with van der Waals surface area (Å²) in [4.78, 5) is 26.7. The highest BCUT2D eigenvalue weighted by Gasteiger charge is 2.14. The molecule has 2 aromatic heterocycles. The summed E-state index contributed by atoms with van der Waals surface area (Å²) in [6.07, 6.45) is 0.171. The number of aryl methyl sites for hydroxylation is 2. The van der Waals surface area contributed by atoms with Gasteiger partial charge in [0.1, 0.15) is 5.82 Å². The first-order valence-electron chi connectivity index (χ1n) is 6.37. The van der Waals surface area contributed by atoms with Crippen molar-refractivity contribution in [3.05, 3.63) is 40.8 Å². The molecule has 7 heteroatoms. The summed E-state index contributed by atoms with van der Waals surface area (Å²) < 4.78 is 1.72. The molecule has 0 fully saturated rings. The number of carboxylic acid groups (broad SMARTS) is 1. The van der Waals surface area contributed by atoms with Crippen molar-refractivity contribution >= 4 is 17.7 Å². The second-order valence-corrected chi connectivity index (χ2v) is 4.71. The number of anilines is 1. The minimum absolute atomic E-state index is 0.110. The summed E-state index contributed by atoms with van der Waals surface area (Å²) >= 11 is 0. The van der Waals surface area contributed by atoms with Gasteiger partial charge in [-0.1, -0.05) is 6.07 Å². The highest BCUT2D eigenvalue weighted by molar-refractivity contribution is 5.92. The number of carbonyl (C=O) groups excluding carboxylic acids is 1. The number of hydrogen-bond acceptors (Lipinski definition) is 4. The third-order valence-electron chi connectivity index (χ3n) is 3.23. The molecule has 0 atom stereocenters. The van der Waals surface area contributed by atoms with Gasteiger partial charge in [0.25, 0.3) is 0 Å². The maximum Gasteiger partial charge on any atom is 0.354 e. The minimum atomic E-state index is -1.13. The number of hydrogen-bond donors (Lipinski definition) is 2. The molecule has 2 rings (SSSR count). The lowest BCUT2D eigenvalue weighted by Crippen LogP contribution is -2.17. The fourth-order valence-electron chi connectivity index (χ4n) is 2.04. The van der Waals surface area contributed by atoms with Gasteiger partial charge in [0, 0.05) is 18.3 Å². The van der Waals surface area contributed by atoms with Gasteiger partial charge in [-0.05, 0) is 26.0 Å². The predicted molar refractivity (Wildman–Crippen MR) is 76.2 cm³/mol. The molecular weight excluding hydrogens is 272 g/mol. The van der Waals surface area contributed by atoms with Gasteiger partial charge in [-0.25, -0.2) is 9.78 Å². The standard InChI is InChI=1S/C14H16N4O3/c1-8-10(9(2)18(3)17-8)7-13(19)16-12-6-4-5-11(15-12)14(20)21/h4-6H,7H2,1-3H3,(H,20,21)(H,15,16,19). The van der Waals surface area contributed by atoms with E-state index in [0.717, 1.165) is 17.0 Å². The summed E-state index contributed by atoms with van der Waals surface area (Å²) in [6.45, 7) is 3.74. The Hall–Kier alpha value is -2.70. The van der Waals surface area contributed by atoms with Gasteiger partial charge >= 0.3 is 5.97 Å². The third-order valence-corrected chi connectivity index (χ3v) is 3.23. The largest absolute Gasteiger partial charge is 0.477 e. The molecule has 0 aliphatic heterocycles. The Kier molecular flexibility index (Phi) is 4.02. The van der Waals surface area contributed by atoms with Crippen LogP contribution in [-0.4, -0.2) is 31.7 Å².